The quantitative estimate of drug-likeness (QED) is 0.720. The minimum Gasteiger partial charge on any atom is -0.298 e. The van der Waals surface area contributed by atoms with Gasteiger partial charge in [-0.3, -0.25) is 4.79 Å². The highest BCUT2D eigenvalue weighted by molar-refractivity contribution is 6.31. The van der Waals surface area contributed by atoms with Crippen molar-refractivity contribution in [1.29, 1.82) is 5.26 Å². The van der Waals surface area contributed by atoms with Crippen molar-refractivity contribution in [2.45, 2.75) is 45.4 Å². The van der Waals surface area contributed by atoms with Crippen LogP contribution >= 0.6 is 11.6 Å². The average molecular weight is 296 g/mol. The lowest BCUT2D eigenvalue weighted by atomic mass is 9.84. The Bertz CT molecular complexity index is 504. The van der Waals surface area contributed by atoms with Crippen molar-refractivity contribution < 1.29 is 9.18 Å². The van der Waals surface area contributed by atoms with Gasteiger partial charge in [-0.1, -0.05) is 44.4 Å². The molecule has 1 aromatic rings. The van der Waals surface area contributed by atoms with Gasteiger partial charge in [-0.15, -0.1) is 0 Å². The molecule has 0 aliphatic carbocycles. The van der Waals surface area contributed by atoms with Crippen LogP contribution in [0.1, 0.15) is 51.0 Å². The van der Waals surface area contributed by atoms with Crippen LogP contribution in [-0.2, 0) is 4.79 Å². The number of rotatable bonds is 7. The Morgan fingerprint density at radius 1 is 1.35 bits per heavy atom. The summed E-state index contributed by atoms with van der Waals surface area (Å²) in [4.78, 5) is 12.5. The van der Waals surface area contributed by atoms with E-state index in [1.54, 1.807) is 0 Å². The first-order valence-corrected chi connectivity index (χ1v) is 7.31. The third-order valence-corrected chi connectivity index (χ3v) is 3.69. The van der Waals surface area contributed by atoms with Gasteiger partial charge in [0.25, 0.3) is 0 Å². The molecule has 0 amide bonds. The number of Topliss-reactive ketones (excluding diaryl/α,β-unsaturated/α-hetero) is 1. The van der Waals surface area contributed by atoms with Gasteiger partial charge in [0, 0.05) is 10.9 Å². The fourth-order valence-corrected chi connectivity index (χ4v) is 2.66. The Hall–Kier alpha value is -1.40. The normalized spacial score (nSPS) is 12.2. The lowest BCUT2D eigenvalue weighted by Crippen LogP contribution is -2.21. The molecule has 4 heteroatoms. The molecule has 0 N–H and O–H groups in total. The zero-order chi connectivity index (χ0) is 15.1. The third kappa shape index (κ3) is 4.05. The fourth-order valence-electron chi connectivity index (χ4n) is 2.38. The molecule has 0 spiro atoms. The van der Waals surface area contributed by atoms with E-state index in [2.05, 4.69) is 0 Å². The first-order valence-electron chi connectivity index (χ1n) is 6.93. The Morgan fingerprint density at radius 3 is 2.40 bits per heavy atom. The summed E-state index contributed by atoms with van der Waals surface area (Å²) in [5.74, 6) is -1.62. The number of nitrogens with zero attached hydrogens (tertiary/aromatic N) is 1. The van der Waals surface area contributed by atoms with Crippen LogP contribution in [-0.4, -0.2) is 5.78 Å². The van der Waals surface area contributed by atoms with Crippen LogP contribution < -0.4 is 0 Å². The van der Waals surface area contributed by atoms with Crippen molar-refractivity contribution in [3.05, 3.63) is 34.6 Å². The lowest BCUT2D eigenvalue weighted by molar-refractivity contribution is -0.123. The second-order valence-electron chi connectivity index (χ2n) is 4.90. The van der Waals surface area contributed by atoms with Crippen molar-refractivity contribution >= 4 is 17.4 Å². The van der Waals surface area contributed by atoms with E-state index in [1.807, 2.05) is 19.9 Å². The van der Waals surface area contributed by atoms with Gasteiger partial charge in [0.15, 0.2) is 5.78 Å². The molecular weight excluding hydrogens is 277 g/mol. The summed E-state index contributed by atoms with van der Waals surface area (Å²) >= 11 is 5.96. The first kappa shape index (κ1) is 16.7. The van der Waals surface area contributed by atoms with Gasteiger partial charge in [-0.05, 0) is 30.5 Å². The van der Waals surface area contributed by atoms with Crippen LogP contribution in [0, 0.1) is 23.1 Å². The summed E-state index contributed by atoms with van der Waals surface area (Å²) < 4.78 is 13.1. The highest BCUT2D eigenvalue weighted by atomic mass is 35.5. The second-order valence-corrected chi connectivity index (χ2v) is 5.31. The Labute approximate surface area is 124 Å². The number of benzene rings is 1. The highest BCUT2D eigenvalue weighted by Gasteiger charge is 2.28. The zero-order valence-electron chi connectivity index (χ0n) is 11.8. The molecule has 0 radical (unpaired) electrons. The molecule has 0 saturated carbocycles. The van der Waals surface area contributed by atoms with Gasteiger partial charge in [-0.2, -0.15) is 5.26 Å². The van der Waals surface area contributed by atoms with Crippen LogP contribution in [0.15, 0.2) is 18.2 Å². The van der Waals surface area contributed by atoms with Gasteiger partial charge >= 0.3 is 0 Å². The molecule has 0 aliphatic heterocycles. The maximum atomic E-state index is 13.1. The number of carbonyl (C=O) groups excluding carboxylic acids is 1. The topological polar surface area (TPSA) is 40.9 Å². The summed E-state index contributed by atoms with van der Waals surface area (Å²) in [6.45, 7) is 4.03. The second kappa shape index (κ2) is 8.01. The largest absolute Gasteiger partial charge is 0.298 e. The monoisotopic (exact) mass is 295 g/mol. The van der Waals surface area contributed by atoms with E-state index in [-0.39, 0.29) is 16.7 Å². The van der Waals surface area contributed by atoms with Gasteiger partial charge in [0.1, 0.15) is 11.7 Å². The summed E-state index contributed by atoms with van der Waals surface area (Å²) in [6.07, 6.45) is 3.32. The molecule has 0 aromatic heterocycles. The molecule has 1 unspecified atom stereocenters. The number of nitriles is 1. The van der Waals surface area contributed by atoms with Crippen molar-refractivity contribution in [1.82, 2.24) is 0 Å². The molecule has 0 aliphatic rings. The van der Waals surface area contributed by atoms with E-state index >= 15 is 0 Å². The maximum Gasteiger partial charge on any atom is 0.157 e. The van der Waals surface area contributed by atoms with Crippen molar-refractivity contribution in [2.24, 2.45) is 5.92 Å². The van der Waals surface area contributed by atoms with E-state index in [0.29, 0.717) is 5.56 Å². The Kier molecular flexibility index (Phi) is 6.67. The number of ketones is 1. The van der Waals surface area contributed by atoms with Crippen LogP contribution in [0.25, 0.3) is 0 Å². The van der Waals surface area contributed by atoms with Crippen molar-refractivity contribution in [3.63, 3.8) is 0 Å². The van der Waals surface area contributed by atoms with E-state index in [0.717, 1.165) is 31.7 Å². The predicted octanol–water partition coefficient (Wildman–Crippen LogP) is 4.87. The van der Waals surface area contributed by atoms with E-state index in [4.69, 9.17) is 11.6 Å². The van der Waals surface area contributed by atoms with E-state index in [9.17, 15) is 14.4 Å². The van der Waals surface area contributed by atoms with E-state index in [1.165, 1.54) is 12.1 Å². The standard InChI is InChI=1S/C16H19ClFNO/c1-3-5-11(6-4-2)16(20)14(10-19)13-8-7-12(18)9-15(13)17/h7-9,11,14H,3-6H2,1-2H3. The average Bonchev–Trinajstić information content (AvgIpc) is 2.41. The SMILES string of the molecule is CCCC(CCC)C(=O)C(C#N)c1ccc(F)cc1Cl. The first-order chi connectivity index (χ1) is 9.54. The summed E-state index contributed by atoms with van der Waals surface area (Å²) in [5.41, 5.74) is 0.401. The molecule has 1 rings (SSSR count). The van der Waals surface area contributed by atoms with Crippen molar-refractivity contribution in [3.8, 4) is 6.07 Å². The van der Waals surface area contributed by atoms with E-state index < -0.39 is 11.7 Å². The minimum absolute atomic E-state index is 0.107. The number of hydrogen-bond donors (Lipinski definition) is 0. The summed E-state index contributed by atoms with van der Waals surface area (Å²) in [5, 5.41) is 9.44. The molecule has 0 fully saturated rings. The lowest BCUT2D eigenvalue weighted by Gasteiger charge is -2.18. The van der Waals surface area contributed by atoms with Gasteiger partial charge in [0.2, 0.25) is 0 Å². The molecular formula is C16H19ClFNO. The third-order valence-electron chi connectivity index (χ3n) is 3.36. The molecule has 1 atom stereocenters. The predicted molar refractivity (Wildman–Crippen MR) is 78.1 cm³/mol. The zero-order valence-corrected chi connectivity index (χ0v) is 12.6. The number of hydrogen-bond acceptors (Lipinski definition) is 2. The highest BCUT2D eigenvalue weighted by Crippen LogP contribution is 2.30. The number of carbonyl (C=O) groups is 1. The van der Waals surface area contributed by atoms with Crippen LogP contribution in [0.5, 0.6) is 0 Å². The van der Waals surface area contributed by atoms with Crippen LogP contribution in [0.2, 0.25) is 5.02 Å². The Balaban J connectivity index is 3.05. The van der Waals surface area contributed by atoms with Crippen molar-refractivity contribution in [2.75, 3.05) is 0 Å². The van der Waals surface area contributed by atoms with Gasteiger partial charge in [-0.25, -0.2) is 4.39 Å². The summed E-state index contributed by atoms with van der Waals surface area (Å²) in [6, 6.07) is 5.82. The molecule has 2 nitrogen and oxygen atoms in total. The molecule has 0 saturated heterocycles. The molecule has 20 heavy (non-hydrogen) atoms. The van der Waals surface area contributed by atoms with Crippen LogP contribution in [0.3, 0.4) is 0 Å². The van der Waals surface area contributed by atoms with Gasteiger partial charge < -0.3 is 0 Å². The fraction of sp³-hybridized carbons (Fsp3) is 0.500. The molecule has 0 heterocycles. The number of halogens is 2. The molecule has 0 bridgehead atoms. The Morgan fingerprint density at radius 2 is 1.95 bits per heavy atom. The molecule has 108 valence electrons. The smallest absolute Gasteiger partial charge is 0.157 e. The molecule has 1 aromatic carbocycles. The van der Waals surface area contributed by atoms with Gasteiger partial charge in [0.05, 0.1) is 6.07 Å². The maximum absolute atomic E-state index is 13.1. The summed E-state index contributed by atoms with van der Waals surface area (Å²) in [7, 11) is 0. The minimum atomic E-state index is -0.911. The van der Waals surface area contributed by atoms with Crippen LogP contribution in [0.4, 0.5) is 4.39 Å².